The fraction of sp³-hybridized carbons (Fsp3) is 0.714. The van der Waals surface area contributed by atoms with E-state index in [-0.39, 0.29) is 5.78 Å². The van der Waals surface area contributed by atoms with Crippen LogP contribution in [0.5, 0.6) is 0 Å². The molecule has 1 N–H and O–H groups in total. The summed E-state index contributed by atoms with van der Waals surface area (Å²) in [5, 5.41) is 14.7. The van der Waals surface area contributed by atoms with E-state index in [1.54, 1.807) is 16.9 Å². The van der Waals surface area contributed by atoms with Crippen LogP contribution in [0.3, 0.4) is 0 Å². The fourth-order valence-corrected chi connectivity index (χ4v) is 2.62. The minimum Gasteiger partial charge on any atom is -0.382 e. The summed E-state index contributed by atoms with van der Waals surface area (Å²) in [7, 11) is 0. The van der Waals surface area contributed by atoms with Gasteiger partial charge in [0, 0.05) is 12.7 Å². The molecule has 100 valence electrons. The zero-order chi connectivity index (χ0) is 13.2. The summed E-state index contributed by atoms with van der Waals surface area (Å²) in [6.45, 7) is 4.94. The van der Waals surface area contributed by atoms with Crippen LogP contribution >= 0.6 is 0 Å². The number of aryl methyl sites for hydroxylation is 1. The maximum absolute atomic E-state index is 12.5. The average molecular weight is 250 g/mol. The van der Waals surface area contributed by atoms with Crippen molar-refractivity contribution < 1.29 is 9.90 Å². The summed E-state index contributed by atoms with van der Waals surface area (Å²) < 4.78 is 1.71. The van der Waals surface area contributed by atoms with Gasteiger partial charge in [-0.25, -0.2) is 0 Å². The molecule has 0 saturated heterocycles. The first kappa shape index (κ1) is 13.3. The largest absolute Gasteiger partial charge is 0.382 e. The van der Waals surface area contributed by atoms with E-state index >= 15 is 0 Å². The van der Waals surface area contributed by atoms with Crippen molar-refractivity contribution >= 4 is 5.78 Å². The molecule has 1 fully saturated rings. The molecular formula is C14H22N2O2. The monoisotopic (exact) mass is 250 g/mol. The lowest BCUT2D eigenvalue weighted by Gasteiger charge is -2.33. The predicted molar refractivity (Wildman–Crippen MR) is 69.4 cm³/mol. The molecule has 18 heavy (non-hydrogen) atoms. The zero-order valence-electron chi connectivity index (χ0n) is 11.2. The van der Waals surface area contributed by atoms with E-state index in [4.69, 9.17) is 0 Å². The lowest BCUT2D eigenvalue weighted by molar-refractivity contribution is 0.00335. The SMILES string of the molecule is CCCn1nccc1C(=O)C1(O)CCC(C)CC1. The Morgan fingerprint density at radius 1 is 1.56 bits per heavy atom. The van der Waals surface area contributed by atoms with E-state index < -0.39 is 5.60 Å². The van der Waals surface area contributed by atoms with Crippen LogP contribution in [0.1, 0.15) is 56.4 Å². The van der Waals surface area contributed by atoms with Crippen molar-refractivity contribution in [1.29, 1.82) is 0 Å². The summed E-state index contributed by atoms with van der Waals surface area (Å²) in [5.74, 6) is 0.457. The summed E-state index contributed by atoms with van der Waals surface area (Å²) in [4.78, 5) is 12.5. The Labute approximate surface area is 108 Å². The van der Waals surface area contributed by atoms with Crippen molar-refractivity contribution in [3.63, 3.8) is 0 Å². The molecule has 0 aliphatic heterocycles. The van der Waals surface area contributed by atoms with Crippen LogP contribution < -0.4 is 0 Å². The number of Topliss-reactive ketones (excluding diaryl/α,β-unsaturated/α-hetero) is 1. The molecule has 0 bridgehead atoms. The molecule has 2 rings (SSSR count). The Balaban J connectivity index is 2.17. The van der Waals surface area contributed by atoms with Crippen LogP contribution in [-0.2, 0) is 6.54 Å². The Bertz CT molecular complexity index is 417. The first-order valence-electron chi connectivity index (χ1n) is 6.86. The van der Waals surface area contributed by atoms with Gasteiger partial charge in [-0.05, 0) is 44.1 Å². The molecule has 4 nitrogen and oxygen atoms in total. The number of hydrogen-bond acceptors (Lipinski definition) is 3. The van der Waals surface area contributed by atoms with Crippen molar-refractivity contribution in [2.75, 3.05) is 0 Å². The highest BCUT2D eigenvalue weighted by Crippen LogP contribution is 2.34. The molecule has 0 amide bonds. The van der Waals surface area contributed by atoms with E-state index in [1.807, 2.05) is 6.92 Å². The molecule has 1 aliphatic carbocycles. The van der Waals surface area contributed by atoms with E-state index in [2.05, 4.69) is 12.0 Å². The molecule has 1 aromatic rings. The second kappa shape index (κ2) is 5.22. The third-order valence-electron chi connectivity index (χ3n) is 3.91. The lowest BCUT2D eigenvalue weighted by Crippen LogP contribution is -2.42. The first-order valence-corrected chi connectivity index (χ1v) is 6.86. The van der Waals surface area contributed by atoms with Gasteiger partial charge < -0.3 is 5.11 Å². The summed E-state index contributed by atoms with van der Waals surface area (Å²) in [5.41, 5.74) is -0.619. The first-order chi connectivity index (χ1) is 8.57. The van der Waals surface area contributed by atoms with Crippen LogP contribution in [0, 0.1) is 5.92 Å². The van der Waals surface area contributed by atoms with Crippen LogP contribution in [-0.4, -0.2) is 26.3 Å². The number of rotatable bonds is 4. The number of ketones is 1. The lowest BCUT2D eigenvalue weighted by atomic mass is 9.76. The van der Waals surface area contributed by atoms with Gasteiger partial charge in [0.1, 0.15) is 11.3 Å². The molecule has 0 unspecified atom stereocenters. The summed E-state index contributed by atoms with van der Waals surface area (Å²) >= 11 is 0. The molecule has 1 aromatic heterocycles. The second-order valence-electron chi connectivity index (χ2n) is 5.48. The summed E-state index contributed by atoms with van der Waals surface area (Å²) in [6, 6.07) is 1.72. The standard InChI is InChI=1S/C14H22N2O2/c1-3-10-16-12(6-9-15-16)13(17)14(18)7-4-11(2)5-8-14/h6,9,11,18H,3-5,7-8,10H2,1-2H3. The number of hydrogen-bond donors (Lipinski definition) is 1. The highest BCUT2D eigenvalue weighted by molar-refractivity contribution is 6.01. The van der Waals surface area contributed by atoms with Gasteiger partial charge in [-0.3, -0.25) is 9.48 Å². The van der Waals surface area contributed by atoms with Gasteiger partial charge in [0.25, 0.3) is 0 Å². The van der Waals surface area contributed by atoms with Crippen molar-refractivity contribution in [3.8, 4) is 0 Å². The maximum atomic E-state index is 12.5. The van der Waals surface area contributed by atoms with Gasteiger partial charge in [0.2, 0.25) is 5.78 Å². The van der Waals surface area contributed by atoms with Crippen LogP contribution in [0.4, 0.5) is 0 Å². The summed E-state index contributed by atoms with van der Waals surface area (Å²) in [6.07, 6.45) is 5.55. The third kappa shape index (κ3) is 2.48. The van der Waals surface area contributed by atoms with Crippen molar-refractivity contribution in [3.05, 3.63) is 18.0 Å². The zero-order valence-corrected chi connectivity index (χ0v) is 11.2. The van der Waals surface area contributed by atoms with Gasteiger partial charge in [-0.2, -0.15) is 5.10 Å². The van der Waals surface area contributed by atoms with E-state index in [1.165, 1.54) is 0 Å². The molecule has 4 heteroatoms. The molecule has 1 saturated carbocycles. The minimum atomic E-state index is -1.17. The topological polar surface area (TPSA) is 55.1 Å². The second-order valence-corrected chi connectivity index (χ2v) is 5.48. The number of carbonyl (C=O) groups excluding carboxylic acids is 1. The highest BCUT2D eigenvalue weighted by atomic mass is 16.3. The van der Waals surface area contributed by atoms with E-state index in [0.717, 1.165) is 25.8 Å². The molecule has 0 aromatic carbocycles. The van der Waals surface area contributed by atoms with Crippen LogP contribution in [0.2, 0.25) is 0 Å². The van der Waals surface area contributed by atoms with Crippen LogP contribution in [0.25, 0.3) is 0 Å². The Morgan fingerprint density at radius 3 is 2.83 bits per heavy atom. The number of aromatic nitrogens is 2. The highest BCUT2D eigenvalue weighted by Gasteiger charge is 2.40. The molecule has 1 aliphatic rings. The molecular weight excluding hydrogens is 228 g/mol. The molecule has 0 radical (unpaired) electrons. The predicted octanol–water partition coefficient (Wildman–Crippen LogP) is 2.42. The Hall–Kier alpha value is -1.16. The van der Waals surface area contributed by atoms with Gasteiger partial charge in [-0.1, -0.05) is 13.8 Å². The van der Waals surface area contributed by atoms with Gasteiger partial charge in [-0.15, -0.1) is 0 Å². The molecule has 0 spiro atoms. The average Bonchev–Trinajstić information content (AvgIpc) is 2.81. The van der Waals surface area contributed by atoms with E-state index in [9.17, 15) is 9.90 Å². The van der Waals surface area contributed by atoms with Crippen molar-refractivity contribution in [2.24, 2.45) is 5.92 Å². The normalized spacial score (nSPS) is 28.3. The number of aliphatic hydroxyl groups is 1. The number of nitrogens with zero attached hydrogens (tertiary/aromatic N) is 2. The van der Waals surface area contributed by atoms with Crippen molar-refractivity contribution in [2.45, 2.75) is 58.1 Å². The Kier molecular flexibility index (Phi) is 3.85. The fourth-order valence-electron chi connectivity index (χ4n) is 2.62. The smallest absolute Gasteiger partial charge is 0.212 e. The van der Waals surface area contributed by atoms with Gasteiger partial charge in [0.15, 0.2) is 0 Å². The van der Waals surface area contributed by atoms with Crippen LogP contribution in [0.15, 0.2) is 12.3 Å². The minimum absolute atomic E-state index is 0.152. The maximum Gasteiger partial charge on any atom is 0.212 e. The molecule has 1 heterocycles. The Morgan fingerprint density at radius 2 is 2.22 bits per heavy atom. The third-order valence-corrected chi connectivity index (χ3v) is 3.91. The van der Waals surface area contributed by atoms with Gasteiger partial charge in [0.05, 0.1) is 0 Å². The van der Waals surface area contributed by atoms with Crippen molar-refractivity contribution in [1.82, 2.24) is 9.78 Å². The van der Waals surface area contributed by atoms with Gasteiger partial charge >= 0.3 is 0 Å². The quantitative estimate of drug-likeness (QED) is 0.835. The van der Waals surface area contributed by atoms with E-state index in [0.29, 0.717) is 24.5 Å². The molecule has 0 atom stereocenters. The number of carbonyl (C=O) groups is 1.